The maximum absolute atomic E-state index is 12.1. The number of carbonyl (C=O) groups is 1. The molecule has 1 aromatic carbocycles. The lowest BCUT2D eigenvalue weighted by Crippen LogP contribution is -2.43. The fourth-order valence-corrected chi connectivity index (χ4v) is 3.62. The van der Waals surface area contributed by atoms with Crippen molar-refractivity contribution < 1.29 is 4.79 Å². The van der Waals surface area contributed by atoms with Gasteiger partial charge in [-0.1, -0.05) is 24.3 Å². The Bertz CT molecular complexity index is 750. The van der Waals surface area contributed by atoms with E-state index < -0.39 is 0 Å². The summed E-state index contributed by atoms with van der Waals surface area (Å²) in [6.07, 6.45) is 5.00. The Labute approximate surface area is 149 Å². The van der Waals surface area contributed by atoms with Crippen LogP contribution in [-0.4, -0.2) is 33.2 Å². The molecule has 5 heteroatoms. The number of amides is 1. The van der Waals surface area contributed by atoms with E-state index in [1.807, 2.05) is 6.20 Å². The fraction of sp³-hybridized carbons (Fsp3) is 0.500. The lowest BCUT2D eigenvalue weighted by Gasteiger charge is -2.30. The van der Waals surface area contributed by atoms with Gasteiger partial charge in [-0.15, -0.1) is 0 Å². The number of aromatic nitrogens is 2. The first kappa shape index (κ1) is 16.3. The van der Waals surface area contributed by atoms with Crippen molar-refractivity contribution in [3.05, 3.63) is 53.3 Å². The standard InChI is InChI=1S/C20H26N4O/c1-15-4-2-3-5-17(15)13-23-14-19-8-10-22-24(19)11-9-18(23)12-21-20(25)16-6-7-16/h2-5,8,10,16,18H,6-7,9,11-14H2,1H3,(H,21,25)/t18-/m1/s1. The third-order valence-electron chi connectivity index (χ3n) is 5.45. The Morgan fingerprint density at radius 3 is 2.88 bits per heavy atom. The number of nitrogens with zero attached hydrogens (tertiary/aromatic N) is 3. The predicted molar refractivity (Wildman–Crippen MR) is 96.8 cm³/mol. The van der Waals surface area contributed by atoms with E-state index >= 15 is 0 Å². The summed E-state index contributed by atoms with van der Waals surface area (Å²) >= 11 is 0. The van der Waals surface area contributed by atoms with Crippen LogP contribution in [0, 0.1) is 12.8 Å². The molecule has 2 heterocycles. The van der Waals surface area contributed by atoms with Gasteiger partial charge in [0.25, 0.3) is 0 Å². The van der Waals surface area contributed by atoms with Gasteiger partial charge in [0, 0.05) is 44.3 Å². The quantitative estimate of drug-likeness (QED) is 0.911. The second-order valence-corrected chi connectivity index (χ2v) is 7.34. The van der Waals surface area contributed by atoms with Gasteiger partial charge in [-0.05, 0) is 43.4 Å². The molecule has 1 saturated carbocycles. The molecule has 0 unspecified atom stereocenters. The average Bonchev–Trinajstić information content (AvgIpc) is 3.39. The van der Waals surface area contributed by atoms with E-state index in [4.69, 9.17) is 0 Å². The van der Waals surface area contributed by atoms with Crippen LogP contribution in [0.15, 0.2) is 36.5 Å². The Morgan fingerprint density at radius 2 is 2.08 bits per heavy atom. The zero-order chi connectivity index (χ0) is 17.2. The molecule has 5 nitrogen and oxygen atoms in total. The van der Waals surface area contributed by atoms with Gasteiger partial charge in [0.05, 0.1) is 5.69 Å². The number of hydrogen-bond acceptors (Lipinski definition) is 3. The molecule has 0 saturated heterocycles. The van der Waals surface area contributed by atoms with Crippen LogP contribution < -0.4 is 5.32 Å². The lowest BCUT2D eigenvalue weighted by molar-refractivity contribution is -0.122. The summed E-state index contributed by atoms with van der Waals surface area (Å²) in [6.45, 7) is 5.59. The molecule has 132 valence electrons. The average molecular weight is 338 g/mol. The van der Waals surface area contributed by atoms with Gasteiger partial charge in [-0.3, -0.25) is 14.4 Å². The number of nitrogens with one attached hydrogen (secondary N) is 1. The van der Waals surface area contributed by atoms with E-state index in [0.717, 1.165) is 45.4 Å². The second kappa shape index (κ2) is 7.00. The highest BCUT2D eigenvalue weighted by Crippen LogP contribution is 2.29. The van der Waals surface area contributed by atoms with Crippen molar-refractivity contribution in [3.63, 3.8) is 0 Å². The second-order valence-electron chi connectivity index (χ2n) is 7.34. The van der Waals surface area contributed by atoms with Crippen molar-refractivity contribution in [2.75, 3.05) is 6.54 Å². The molecule has 1 amide bonds. The summed E-state index contributed by atoms with van der Waals surface area (Å²) in [5.74, 6) is 0.504. The van der Waals surface area contributed by atoms with Crippen LogP contribution >= 0.6 is 0 Å². The summed E-state index contributed by atoms with van der Waals surface area (Å²) in [5.41, 5.74) is 3.93. The highest BCUT2D eigenvalue weighted by atomic mass is 16.2. The maximum atomic E-state index is 12.1. The normalized spacial score (nSPS) is 20.8. The Kier molecular flexibility index (Phi) is 4.57. The summed E-state index contributed by atoms with van der Waals surface area (Å²) in [7, 11) is 0. The Hall–Kier alpha value is -2.14. The molecule has 1 aliphatic carbocycles. The minimum Gasteiger partial charge on any atom is -0.354 e. The minimum absolute atomic E-state index is 0.234. The van der Waals surface area contributed by atoms with Crippen molar-refractivity contribution in [3.8, 4) is 0 Å². The molecule has 0 bridgehead atoms. The van der Waals surface area contributed by atoms with Crippen molar-refractivity contribution in [2.45, 2.75) is 51.9 Å². The summed E-state index contributed by atoms with van der Waals surface area (Å²) in [5, 5.41) is 7.63. The first-order valence-electron chi connectivity index (χ1n) is 9.27. The number of fused-ring (bicyclic) bond motifs is 1. The highest BCUT2D eigenvalue weighted by molar-refractivity contribution is 5.80. The van der Waals surface area contributed by atoms with Crippen molar-refractivity contribution in [2.24, 2.45) is 5.92 Å². The zero-order valence-electron chi connectivity index (χ0n) is 14.8. The molecule has 1 aliphatic heterocycles. The highest BCUT2D eigenvalue weighted by Gasteiger charge is 2.31. The maximum Gasteiger partial charge on any atom is 0.223 e. The molecular formula is C20H26N4O. The third kappa shape index (κ3) is 3.76. The molecule has 1 fully saturated rings. The van der Waals surface area contributed by atoms with E-state index in [2.05, 4.69) is 57.3 Å². The minimum atomic E-state index is 0.234. The van der Waals surface area contributed by atoms with Crippen LogP contribution in [0.4, 0.5) is 0 Å². The molecule has 2 aromatic rings. The van der Waals surface area contributed by atoms with Gasteiger partial charge < -0.3 is 5.32 Å². The molecule has 1 N–H and O–H groups in total. The summed E-state index contributed by atoms with van der Waals surface area (Å²) < 4.78 is 2.10. The summed E-state index contributed by atoms with van der Waals surface area (Å²) in [6, 6.07) is 11.0. The number of aryl methyl sites for hydroxylation is 2. The van der Waals surface area contributed by atoms with Crippen LogP contribution in [0.3, 0.4) is 0 Å². The molecular weight excluding hydrogens is 312 g/mol. The topological polar surface area (TPSA) is 50.2 Å². The largest absolute Gasteiger partial charge is 0.354 e. The van der Waals surface area contributed by atoms with Crippen LogP contribution in [0.1, 0.15) is 36.1 Å². The third-order valence-corrected chi connectivity index (χ3v) is 5.45. The number of benzene rings is 1. The molecule has 1 atom stereocenters. The Morgan fingerprint density at radius 1 is 1.24 bits per heavy atom. The monoisotopic (exact) mass is 338 g/mol. The molecule has 0 spiro atoms. The Balaban J connectivity index is 1.50. The van der Waals surface area contributed by atoms with Crippen LogP contribution in [-0.2, 0) is 24.4 Å². The van der Waals surface area contributed by atoms with Crippen LogP contribution in [0.5, 0.6) is 0 Å². The van der Waals surface area contributed by atoms with E-state index in [1.165, 1.54) is 16.8 Å². The van der Waals surface area contributed by atoms with Crippen LogP contribution in [0.2, 0.25) is 0 Å². The van der Waals surface area contributed by atoms with E-state index in [0.29, 0.717) is 6.04 Å². The molecule has 4 rings (SSSR count). The molecule has 25 heavy (non-hydrogen) atoms. The van der Waals surface area contributed by atoms with Crippen molar-refractivity contribution in [1.29, 1.82) is 0 Å². The molecule has 1 aromatic heterocycles. The van der Waals surface area contributed by atoms with Crippen LogP contribution in [0.25, 0.3) is 0 Å². The van der Waals surface area contributed by atoms with E-state index in [9.17, 15) is 4.79 Å². The number of carbonyl (C=O) groups excluding carboxylic acids is 1. The van der Waals surface area contributed by atoms with Gasteiger partial charge in [0.15, 0.2) is 0 Å². The van der Waals surface area contributed by atoms with E-state index in [1.54, 1.807) is 0 Å². The van der Waals surface area contributed by atoms with Crippen molar-refractivity contribution in [1.82, 2.24) is 20.0 Å². The van der Waals surface area contributed by atoms with Gasteiger partial charge in [-0.2, -0.15) is 5.10 Å². The van der Waals surface area contributed by atoms with E-state index in [-0.39, 0.29) is 11.8 Å². The number of rotatable bonds is 5. The molecule has 2 aliphatic rings. The molecule has 0 radical (unpaired) electrons. The first-order chi connectivity index (χ1) is 12.2. The fourth-order valence-electron chi connectivity index (χ4n) is 3.62. The summed E-state index contributed by atoms with van der Waals surface area (Å²) in [4.78, 5) is 14.6. The first-order valence-corrected chi connectivity index (χ1v) is 9.27. The number of hydrogen-bond donors (Lipinski definition) is 1. The van der Waals surface area contributed by atoms with Gasteiger partial charge in [0.1, 0.15) is 0 Å². The smallest absolute Gasteiger partial charge is 0.223 e. The van der Waals surface area contributed by atoms with Gasteiger partial charge in [0.2, 0.25) is 5.91 Å². The van der Waals surface area contributed by atoms with Crippen molar-refractivity contribution >= 4 is 5.91 Å². The van der Waals surface area contributed by atoms with Gasteiger partial charge in [-0.25, -0.2) is 0 Å². The van der Waals surface area contributed by atoms with Gasteiger partial charge >= 0.3 is 0 Å². The SMILES string of the molecule is Cc1ccccc1CN1Cc2ccnn2CC[C@@H]1CNC(=O)C1CC1. The predicted octanol–water partition coefficient (Wildman–Crippen LogP) is 2.49. The zero-order valence-corrected chi connectivity index (χ0v) is 14.8. The lowest BCUT2D eigenvalue weighted by atomic mass is 10.1.